The van der Waals surface area contributed by atoms with E-state index in [-0.39, 0.29) is 5.91 Å². The molecule has 2 nitrogen and oxygen atoms in total. The van der Waals surface area contributed by atoms with Crippen molar-refractivity contribution in [3.8, 4) is 0 Å². The summed E-state index contributed by atoms with van der Waals surface area (Å²) in [5, 5.41) is 0.629. The Kier molecular flexibility index (Phi) is 4.29. The SMILES string of the molecule is O=C1C(=Cc2ccc(Cl)cc2)SC(=S)N1c1cccc(F)c1. The lowest BCUT2D eigenvalue weighted by molar-refractivity contribution is -0.113. The maximum Gasteiger partial charge on any atom is 0.270 e. The minimum atomic E-state index is -0.409. The number of nitrogens with zero attached hydrogens (tertiary/aromatic N) is 1. The molecule has 3 rings (SSSR count). The topological polar surface area (TPSA) is 20.3 Å². The average Bonchev–Trinajstić information content (AvgIpc) is 2.76. The summed E-state index contributed by atoms with van der Waals surface area (Å²) in [7, 11) is 0. The first kappa shape index (κ1) is 15.2. The normalized spacial score (nSPS) is 16.6. The molecule has 1 heterocycles. The molecule has 0 saturated carbocycles. The maximum atomic E-state index is 13.3. The number of thiocarbonyl (C=S) groups is 1. The molecule has 0 unspecified atom stereocenters. The van der Waals surface area contributed by atoms with Crippen molar-refractivity contribution in [1.82, 2.24) is 0 Å². The van der Waals surface area contributed by atoms with Gasteiger partial charge in [0, 0.05) is 5.02 Å². The van der Waals surface area contributed by atoms with Crippen LogP contribution in [0, 0.1) is 5.82 Å². The van der Waals surface area contributed by atoms with Crippen molar-refractivity contribution in [2.75, 3.05) is 4.90 Å². The lowest BCUT2D eigenvalue weighted by Gasteiger charge is -2.14. The highest BCUT2D eigenvalue weighted by Crippen LogP contribution is 2.36. The summed E-state index contributed by atoms with van der Waals surface area (Å²) < 4.78 is 13.7. The van der Waals surface area contributed by atoms with Crippen molar-refractivity contribution in [3.63, 3.8) is 0 Å². The first-order valence-corrected chi connectivity index (χ1v) is 7.94. The number of anilines is 1. The van der Waals surface area contributed by atoms with E-state index in [9.17, 15) is 9.18 Å². The Morgan fingerprint density at radius 3 is 2.59 bits per heavy atom. The second-order valence-electron chi connectivity index (χ2n) is 4.55. The zero-order valence-electron chi connectivity index (χ0n) is 11.1. The predicted molar refractivity (Wildman–Crippen MR) is 93.5 cm³/mol. The number of carbonyl (C=O) groups is 1. The molecule has 6 heteroatoms. The number of hydrogen-bond donors (Lipinski definition) is 0. The van der Waals surface area contributed by atoms with Gasteiger partial charge in [-0.05, 0) is 42.0 Å². The molecule has 0 atom stereocenters. The van der Waals surface area contributed by atoms with Crippen molar-refractivity contribution in [2.45, 2.75) is 0 Å². The van der Waals surface area contributed by atoms with E-state index in [2.05, 4.69) is 0 Å². The molecule has 0 aromatic heterocycles. The number of halogens is 2. The fourth-order valence-corrected chi connectivity index (χ4v) is 3.44. The molecule has 1 amide bonds. The van der Waals surface area contributed by atoms with Gasteiger partial charge in [0.1, 0.15) is 5.82 Å². The highest BCUT2D eigenvalue weighted by Gasteiger charge is 2.33. The Bertz CT molecular complexity index is 789. The number of hydrogen-bond acceptors (Lipinski definition) is 3. The lowest BCUT2D eigenvalue weighted by Crippen LogP contribution is -2.27. The Balaban J connectivity index is 1.93. The molecule has 0 N–H and O–H groups in total. The fraction of sp³-hybridized carbons (Fsp3) is 0. The van der Waals surface area contributed by atoms with Crippen LogP contribution in [0.2, 0.25) is 5.02 Å². The second kappa shape index (κ2) is 6.20. The monoisotopic (exact) mass is 349 g/mol. The largest absolute Gasteiger partial charge is 0.270 e. The lowest BCUT2D eigenvalue weighted by atomic mass is 10.2. The van der Waals surface area contributed by atoms with E-state index in [1.54, 1.807) is 30.3 Å². The molecule has 1 aliphatic rings. The molecule has 110 valence electrons. The zero-order chi connectivity index (χ0) is 15.7. The van der Waals surface area contributed by atoms with Crippen LogP contribution in [0.4, 0.5) is 10.1 Å². The van der Waals surface area contributed by atoms with Crippen molar-refractivity contribution >= 4 is 57.6 Å². The summed E-state index contributed by atoms with van der Waals surface area (Å²) in [6, 6.07) is 12.9. The molecule has 22 heavy (non-hydrogen) atoms. The summed E-state index contributed by atoms with van der Waals surface area (Å²) >= 11 is 12.3. The van der Waals surface area contributed by atoms with Crippen molar-refractivity contribution < 1.29 is 9.18 Å². The van der Waals surface area contributed by atoms with Gasteiger partial charge in [-0.15, -0.1) is 0 Å². The summed E-state index contributed by atoms with van der Waals surface area (Å²) in [5.74, 6) is -0.663. The smallest absolute Gasteiger partial charge is 0.268 e. The minimum absolute atomic E-state index is 0.254. The van der Waals surface area contributed by atoms with Gasteiger partial charge in [-0.3, -0.25) is 9.69 Å². The van der Waals surface area contributed by atoms with Gasteiger partial charge >= 0.3 is 0 Å². The van der Waals surface area contributed by atoms with Crippen LogP contribution in [0.1, 0.15) is 5.56 Å². The molecule has 2 aromatic carbocycles. The van der Waals surface area contributed by atoms with Crippen LogP contribution in [0.15, 0.2) is 53.4 Å². The second-order valence-corrected chi connectivity index (χ2v) is 6.66. The van der Waals surface area contributed by atoms with E-state index in [0.717, 1.165) is 5.56 Å². The predicted octanol–water partition coefficient (Wildman–Crippen LogP) is 4.88. The number of amides is 1. The molecule has 0 radical (unpaired) electrons. The molecule has 1 saturated heterocycles. The van der Waals surface area contributed by atoms with Gasteiger partial charge in [-0.1, -0.05) is 53.8 Å². The van der Waals surface area contributed by atoms with Gasteiger partial charge in [0.15, 0.2) is 4.32 Å². The standard InChI is InChI=1S/C16H9ClFNOS2/c17-11-6-4-10(5-7-11)8-14-15(20)19(16(21)22-14)13-3-1-2-12(18)9-13/h1-9H. The fourth-order valence-electron chi connectivity index (χ4n) is 2.02. The molecule has 1 fully saturated rings. The maximum absolute atomic E-state index is 13.3. The summed E-state index contributed by atoms with van der Waals surface area (Å²) in [5.41, 5.74) is 1.28. The van der Waals surface area contributed by atoms with Crippen LogP contribution in [-0.4, -0.2) is 10.2 Å². The number of thioether (sulfide) groups is 1. The summed E-state index contributed by atoms with van der Waals surface area (Å²) in [6.45, 7) is 0. The number of carbonyl (C=O) groups excluding carboxylic acids is 1. The van der Waals surface area contributed by atoms with Gasteiger partial charge in [0.2, 0.25) is 0 Å². The molecule has 0 spiro atoms. The molecule has 1 aliphatic heterocycles. The molecule has 0 bridgehead atoms. The van der Waals surface area contributed by atoms with Crippen LogP contribution >= 0.6 is 35.6 Å². The minimum Gasteiger partial charge on any atom is -0.268 e. The van der Waals surface area contributed by atoms with E-state index in [1.165, 1.54) is 28.8 Å². The van der Waals surface area contributed by atoms with E-state index < -0.39 is 5.82 Å². The van der Waals surface area contributed by atoms with Gasteiger partial charge in [-0.25, -0.2) is 4.39 Å². The van der Waals surface area contributed by atoms with Crippen molar-refractivity contribution in [1.29, 1.82) is 0 Å². The van der Waals surface area contributed by atoms with Crippen molar-refractivity contribution in [3.05, 3.63) is 69.8 Å². The van der Waals surface area contributed by atoms with Crippen LogP contribution in [0.3, 0.4) is 0 Å². The molecule has 2 aromatic rings. The van der Waals surface area contributed by atoms with Crippen LogP contribution in [-0.2, 0) is 4.79 Å². The van der Waals surface area contributed by atoms with E-state index in [4.69, 9.17) is 23.8 Å². The highest BCUT2D eigenvalue weighted by molar-refractivity contribution is 8.27. The Morgan fingerprint density at radius 2 is 1.91 bits per heavy atom. The first-order valence-electron chi connectivity index (χ1n) is 6.34. The quantitative estimate of drug-likeness (QED) is 0.569. The third-order valence-corrected chi connectivity index (χ3v) is 4.58. The van der Waals surface area contributed by atoms with E-state index in [1.807, 2.05) is 12.1 Å². The molecular weight excluding hydrogens is 341 g/mol. The van der Waals surface area contributed by atoms with E-state index >= 15 is 0 Å². The van der Waals surface area contributed by atoms with Crippen LogP contribution < -0.4 is 4.90 Å². The Morgan fingerprint density at radius 1 is 1.18 bits per heavy atom. The Labute approximate surface area is 141 Å². The molecular formula is C16H9ClFNOS2. The zero-order valence-corrected chi connectivity index (χ0v) is 13.5. The van der Waals surface area contributed by atoms with E-state index in [0.29, 0.717) is 19.9 Å². The Hall–Kier alpha value is -1.69. The average molecular weight is 350 g/mol. The van der Waals surface area contributed by atoms with Gasteiger partial charge < -0.3 is 0 Å². The summed E-state index contributed by atoms with van der Waals surface area (Å²) in [4.78, 5) is 14.3. The van der Waals surface area contributed by atoms with Crippen LogP contribution in [0.25, 0.3) is 6.08 Å². The first-order chi connectivity index (χ1) is 10.5. The number of benzene rings is 2. The van der Waals surface area contributed by atoms with Crippen molar-refractivity contribution in [2.24, 2.45) is 0 Å². The third kappa shape index (κ3) is 3.06. The highest BCUT2D eigenvalue weighted by atomic mass is 35.5. The molecule has 0 aliphatic carbocycles. The summed E-state index contributed by atoms with van der Waals surface area (Å²) in [6.07, 6.45) is 1.74. The third-order valence-electron chi connectivity index (χ3n) is 3.03. The van der Waals surface area contributed by atoms with Gasteiger partial charge in [0.25, 0.3) is 5.91 Å². The van der Waals surface area contributed by atoms with Gasteiger partial charge in [-0.2, -0.15) is 0 Å². The number of rotatable bonds is 2. The van der Waals surface area contributed by atoms with Crippen LogP contribution in [0.5, 0.6) is 0 Å². The van der Waals surface area contributed by atoms with Gasteiger partial charge in [0.05, 0.1) is 10.6 Å².